The molecule has 0 aliphatic rings. The summed E-state index contributed by atoms with van der Waals surface area (Å²) >= 11 is 8.16. The lowest BCUT2D eigenvalue weighted by Gasteiger charge is -2.03. The van der Waals surface area contributed by atoms with Crippen molar-refractivity contribution in [3.8, 4) is 0 Å². The lowest BCUT2D eigenvalue weighted by atomic mass is 10.2. The smallest absolute Gasteiger partial charge is 0.138 e. The molecule has 0 saturated heterocycles. The van der Waals surface area contributed by atoms with Crippen LogP contribution in [-0.4, -0.2) is 5.16 Å². The second-order valence-corrected chi connectivity index (χ2v) is 6.26. The minimum absolute atomic E-state index is 0.742. The standard InChI is InChI=1S/C15H15ClN2OS/c1-9-12(10(2)19-18-9)7-17-8-14-15(16)11-5-3-4-6-13(11)20-14/h3-6,17H,7-8H2,1-2H3. The maximum absolute atomic E-state index is 6.42. The molecule has 2 aromatic heterocycles. The second kappa shape index (κ2) is 5.56. The zero-order valence-corrected chi connectivity index (χ0v) is 12.9. The molecule has 20 heavy (non-hydrogen) atoms. The average Bonchev–Trinajstić information content (AvgIpc) is 2.94. The highest BCUT2D eigenvalue weighted by Crippen LogP contribution is 2.35. The van der Waals surface area contributed by atoms with Gasteiger partial charge >= 0.3 is 0 Å². The number of aromatic nitrogens is 1. The quantitative estimate of drug-likeness (QED) is 0.774. The lowest BCUT2D eigenvalue weighted by Crippen LogP contribution is -2.13. The number of fused-ring (bicyclic) bond motifs is 1. The van der Waals surface area contributed by atoms with Crippen molar-refractivity contribution < 1.29 is 4.52 Å². The topological polar surface area (TPSA) is 38.1 Å². The molecule has 0 bridgehead atoms. The number of halogens is 1. The van der Waals surface area contributed by atoms with Crippen molar-refractivity contribution in [2.45, 2.75) is 26.9 Å². The maximum Gasteiger partial charge on any atom is 0.138 e. The molecule has 1 aromatic carbocycles. The summed E-state index contributed by atoms with van der Waals surface area (Å²) in [6, 6.07) is 8.22. The van der Waals surface area contributed by atoms with E-state index in [0.717, 1.165) is 40.5 Å². The molecule has 3 nitrogen and oxygen atoms in total. The molecule has 5 heteroatoms. The van der Waals surface area contributed by atoms with E-state index in [0.29, 0.717) is 0 Å². The van der Waals surface area contributed by atoms with Crippen molar-refractivity contribution in [3.05, 3.63) is 51.2 Å². The molecule has 3 aromatic rings. The van der Waals surface area contributed by atoms with Crippen LogP contribution in [0.1, 0.15) is 21.9 Å². The highest BCUT2D eigenvalue weighted by Gasteiger charge is 2.11. The van der Waals surface area contributed by atoms with Gasteiger partial charge in [-0.15, -0.1) is 11.3 Å². The molecule has 104 valence electrons. The average molecular weight is 307 g/mol. The molecular formula is C15H15ClN2OS. The predicted molar refractivity (Wildman–Crippen MR) is 83.4 cm³/mol. The largest absolute Gasteiger partial charge is 0.361 e. The third-order valence-corrected chi connectivity index (χ3v) is 5.08. The van der Waals surface area contributed by atoms with Crippen LogP contribution in [0.3, 0.4) is 0 Å². The van der Waals surface area contributed by atoms with Gasteiger partial charge in [-0.05, 0) is 19.9 Å². The van der Waals surface area contributed by atoms with Crippen LogP contribution in [0.25, 0.3) is 10.1 Å². The first-order chi connectivity index (χ1) is 9.66. The molecule has 0 amide bonds. The van der Waals surface area contributed by atoms with E-state index in [1.807, 2.05) is 26.0 Å². The van der Waals surface area contributed by atoms with E-state index in [1.165, 1.54) is 9.58 Å². The van der Waals surface area contributed by atoms with E-state index in [4.69, 9.17) is 16.1 Å². The summed E-state index contributed by atoms with van der Waals surface area (Å²) in [5.41, 5.74) is 2.07. The number of nitrogens with one attached hydrogen (secondary N) is 1. The number of nitrogens with zero attached hydrogens (tertiary/aromatic N) is 1. The van der Waals surface area contributed by atoms with Gasteiger partial charge in [-0.2, -0.15) is 0 Å². The van der Waals surface area contributed by atoms with Crippen LogP contribution in [0, 0.1) is 13.8 Å². The van der Waals surface area contributed by atoms with Gasteiger partial charge in [-0.25, -0.2) is 0 Å². The Kier molecular flexibility index (Phi) is 3.78. The Morgan fingerprint density at radius 1 is 1.25 bits per heavy atom. The van der Waals surface area contributed by atoms with Crippen molar-refractivity contribution in [2.24, 2.45) is 0 Å². The molecule has 0 saturated carbocycles. The summed E-state index contributed by atoms with van der Waals surface area (Å²) < 4.78 is 6.38. The number of thiophene rings is 1. The van der Waals surface area contributed by atoms with E-state index >= 15 is 0 Å². The zero-order chi connectivity index (χ0) is 14.1. The number of aryl methyl sites for hydroxylation is 2. The highest BCUT2D eigenvalue weighted by atomic mass is 35.5. The fourth-order valence-electron chi connectivity index (χ4n) is 2.23. The molecule has 0 atom stereocenters. The Morgan fingerprint density at radius 2 is 2.05 bits per heavy atom. The van der Waals surface area contributed by atoms with Gasteiger partial charge in [-0.1, -0.05) is 35.0 Å². The van der Waals surface area contributed by atoms with Crippen LogP contribution < -0.4 is 5.32 Å². The van der Waals surface area contributed by atoms with Crippen molar-refractivity contribution in [1.29, 1.82) is 0 Å². The Hall–Kier alpha value is -1.36. The van der Waals surface area contributed by atoms with Crippen LogP contribution in [0.5, 0.6) is 0 Å². The molecule has 0 unspecified atom stereocenters. The Bertz CT molecular complexity index is 728. The van der Waals surface area contributed by atoms with Gasteiger partial charge in [0.05, 0.1) is 10.7 Å². The Labute approximate surface area is 126 Å². The molecular weight excluding hydrogens is 292 g/mol. The van der Waals surface area contributed by atoms with Crippen molar-refractivity contribution in [3.63, 3.8) is 0 Å². The summed E-state index contributed by atoms with van der Waals surface area (Å²) in [5, 5.41) is 9.36. The first kappa shape index (κ1) is 13.6. The third-order valence-electron chi connectivity index (χ3n) is 3.37. The maximum atomic E-state index is 6.42. The van der Waals surface area contributed by atoms with E-state index in [1.54, 1.807) is 11.3 Å². The highest BCUT2D eigenvalue weighted by molar-refractivity contribution is 7.19. The number of benzene rings is 1. The summed E-state index contributed by atoms with van der Waals surface area (Å²) in [4.78, 5) is 1.17. The number of hydrogen-bond donors (Lipinski definition) is 1. The van der Waals surface area contributed by atoms with Crippen LogP contribution in [0.4, 0.5) is 0 Å². The summed E-state index contributed by atoms with van der Waals surface area (Å²) in [6.45, 7) is 5.39. The lowest BCUT2D eigenvalue weighted by molar-refractivity contribution is 0.392. The SMILES string of the molecule is Cc1noc(C)c1CNCc1sc2ccccc2c1Cl. The third kappa shape index (κ3) is 2.46. The second-order valence-electron chi connectivity index (χ2n) is 4.74. The van der Waals surface area contributed by atoms with Crippen molar-refractivity contribution >= 4 is 33.0 Å². The fourth-order valence-corrected chi connectivity index (χ4v) is 3.70. The van der Waals surface area contributed by atoms with Crippen molar-refractivity contribution in [2.75, 3.05) is 0 Å². The predicted octanol–water partition coefficient (Wildman–Crippen LogP) is 4.45. The molecule has 3 rings (SSSR count). The summed E-state index contributed by atoms with van der Waals surface area (Å²) in [7, 11) is 0. The van der Waals surface area contributed by atoms with Crippen LogP contribution in [0.15, 0.2) is 28.8 Å². The van der Waals surface area contributed by atoms with E-state index in [2.05, 4.69) is 22.6 Å². The first-order valence-electron chi connectivity index (χ1n) is 6.45. The van der Waals surface area contributed by atoms with E-state index in [9.17, 15) is 0 Å². The van der Waals surface area contributed by atoms with Gasteiger partial charge < -0.3 is 9.84 Å². The molecule has 0 radical (unpaired) electrons. The fraction of sp³-hybridized carbons (Fsp3) is 0.267. The molecule has 0 aliphatic carbocycles. The zero-order valence-electron chi connectivity index (χ0n) is 11.4. The van der Waals surface area contributed by atoms with Gasteiger partial charge in [0.2, 0.25) is 0 Å². The molecule has 2 heterocycles. The Balaban J connectivity index is 1.73. The van der Waals surface area contributed by atoms with Gasteiger partial charge in [0.1, 0.15) is 5.76 Å². The summed E-state index contributed by atoms with van der Waals surface area (Å²) in [6.07, 6.45) is 0. The van der Waals surface area contributed by atoms with Gasteiger partial charge in [0.15, 0.2) is 0 Å². The normalized spacial score (nSPS) is 11.3. The van der Waals surface area contributed by atoms with E-state index < -0.39 is 0 Å². The minimum Gasteiger partial charge on any atom is -0.361 e. The minimum atomic E-state index is 0.742. The van der Waals surface area contributed by atoms with Gasteiger partial charge in [0, 0.05) is 33.6 Å². The molecule has 0 aliphatic heterocycles. The molecule has 0 fully saturated rings. The monoisotopic (exact) mass is 306 g/mol. The van der Waals surface area contributed by atoms with Crippen molar-refractivity contribution in [1.82, 2.24) is 10.5 Å². The molecule has 1 N–H and O–H groups in total. The number of rotatable bonds is 4. The molecule has 0 spiro atoms. The Morgan fingerprint density at radius 3 is 2.75 bits per heavy atom. The summed E-state index contributed by atoms with van der Waals surface area (Å²) in [5.74, 6) is 0.873. The first-order valence-corrected chi connectivity index (χ1v) is 7.64. The van der Waals surface area contributed by atoms with Gasteiger partial charge in [-0.3, -0.25) is 0 Å². The number of hydrogen-bond acceptors (Lipinski definition) is 4. The van der Waals surface area contributed by atoms with E-state index in [-0.39, 0.29) is 0 Å². The van der Waals surface area contributed by atoms with Crippen LogP contribution >= 0.6 is 22.9 Å². The van der Waals surface area contributed by atoms with Crippen LogP contribution in [-0.2, 0) is 13.1 Å². The van der Waals surface area contributed by atoms with Gasteiger partial charge in [0.25, 0.3) is 0 Å². The van der Waals surface area contributed by atoms with Crippen LogP contribution in [0.2, 0.25) is 5.02 Å².